The molecular weight excluding hydrogens is 1450 g/mol. The van der Waals surface area contributed by atoms with Gasteiger partial charge >= 0.3 is 0 Å². The van der Waals surface area contributed by atoms with Crippen LogP contribution in [0, 0.1) is 27.7 Å². The summed E-state index contributed by atoms with van der Waals surface area (Å²) >= 11 is 18.6. The highest BCUT2D eigenvalue weighted by atomic mass is 35.5. The fourth-order valence-electron chi connectivity index (χ4n) is 21.4. The SMILES string of the molecule is Cc1cc(C(C)(C)C)cc(C)c1N(c1cc(Cl)cc(N2c3ccc(C(C)(C)C)cc3C3(C)CCCCC23C)c1)c1ccc2c(c1)sc1cc(C(C)(C)C)ccc12.Cc1cc(C(C)(C)C)cc(C)c1N1c2cc3sc4cc(C(C)(C)C)ccc4c3cc2B2c3cc(C(C)(C)C)cc4c3N(c3cc(Cl)cc1c32)C1(C)CCCCC41C. The molecular formula is C104H119BCl2N4S2. The monoisotopic (exact) mass is 1570 g/mol. The molecule has 0 spiro atoms. The Labute approximate surface area is 694 Å². The van der Waals surface area contributed by atoms with E-state index in [9.17, 15) is 0 Å². The van der Waals surface area contributed by atoms with E-state index in [1.54, 1.807) is 5.56 Å². The maximum atomic E-state index is 7.43. The van der Waals surface area contributed by atoms with Crippen LogP contribution in [-0.4, -0.2) is 17.8 Å². The van der Waals surface area contributed by atoms with Gasteiger partial charge < -0.3 is 19.6 Å². The van der Waals surface area contributed by atoms with Crippen LogP contribution in [0.2, 0.25) is 10.0 Å². The minimum atomic E-state index is -0.0844. The van der Waals surface area contributed by atoms with Crippen LogP contribution in [0.1, 0.15) is 270 Å². The number of fused-ring (bicyclic) bond motifs is 16. The highest BCUT2D eigenvalue weighted by Gasteiger charge is 2.62. The zero-order chi connectivity index (χ0) is 80.8. The highest BCUT2D eigenvalue weighted by molar-refractivity contribution is 7.26. The molecule has 0 N–H and O–H groups in total. The van der Waals surface area contributed by atoms with Gasteiger partial charge in [0, 0.05) is 101 Å². The van der Waals surface area contributed by atoms with Crippen molar-refractivity contribution >= 4 is 166 Å². The van der Waals surface area contributed by atoms with Gasteiger partial charge in [0.2, 0.25) is 0 Å². The summed E-state index contributed by atoms with van der Waals surface area (Å²) in [6.45, 7) is 61.4. The fraction of sp³-hybridized carbons (Fsp3) is 0.423. The van der Waals surface area contributed by atoms with Crippen LogP contribution in [0.25, 0.3) is 40.3 Å². The number of aryl methyl sites for hydroxylation is 4. The molecule has 4 unspecified atom stereocenters. The molecule has 9 heteroatoms. The summed E-state index contributed by atoms with van der Waals surface area (Å²) in [4.78, 5) is 10.6. The standard InChI is InChI=1S/C52H58BClN2S.C52H61ClN2S/c1-29-20-32(49(6,7)8)21-30(2)46(29)55-40-28-44-36(35-17-16-31(48(3,4)5)24-43(35)57-44)27-38(40)53-39-23-33(50(9,10)11)22-37-47(39)56(42-26-34(54)25-41(55)45(42)53)52(13)19-15-14-18-51(37,52)12;1-32-24-36(50(9,10)11)25-33(2)47(32)54(38-18-20-42-41-19-16-35(49(6,7)8)27-45(41)56-46(42)31-38)39-28-37(53)29-40(30-39)55-44-21-17-34(48(3,4)5)26-43(44)51(12)22-14-15-23-52(51,55)13/h16-17,20-28H,14-15,18-19H2,1-13H3;16-21,24-31H,14-15,22-23H2,1-13H3. The number of hydrogen-bond acceptors (Lipinski definition) is 6. The molecule has 113 heavy (non-hydrogen) atoms. The maximum absolute atomic E-state index is 7.43. The second-order valence-corrected chi connectivity index (χ2v) is 45.3. The molecule has 2 fully saturated rings. The lowest BCUT2D eigenvalue weighted by Gasteiger charge is -2.52. The largest absolute Gasteiger partial charge is 0.335 e. The molecule has 2 aliphatic carbocycles. The molecule has 12 aromatic rings. The fourth-order valence-corrected chi connectivity index (χ4v) is 24.2. The molecule has 4 atom stereocenters. The first kappa shape index (κ1) is 78.0. The quantitative estimate of drug-likeness (QED) is 0.159. The van der Waals surface area contributed by atoms with Gasteiger partial charge in [0.05, 0.1) is 22.5 Å². The van der Waals surface area contributed by atoms with Crippen LogP contribution >= 0.6 is 45.9 Å². The van der Waals surface area contributed by atoms with Gasteiger partial charge in [0.1, 0.15) is 0 Å². The Morgan fingerprint density at radius 1 is 0.354 bits per heavy atom. The first-order valence-corrected chi connectivity index (χ1v) is 44.5. The van der Waals surface area contributed by atoms with Gasteiger partial charge in [0.25, 0.3) is 6.71 Å². The van der Waals surface area contributed by atoms with Gasteiger partial charge in [-0.15, -0.1) is 22.7 Å². The second-order valence-electron chi connectivity index (χ2n) is 42.3. The Morgan fingerprint density at radius 3 is 1.35 bits per heavy atom. The van der Waals surface area contributed by atoms with Crippen molar-refractivity contribution in [2.24, 2.45) is 0 Å². The molecule has 0 saturated heterocycles. The Morgan fingerprint density at radius 2 is 0.796 bits per heavy atom. The number of rotatable bonds is 5. The second kappa shape index (κ2) is 26.0. The predicted molar refractivity (Wildman–Crippen MR) is 499 cm³/mol. The van der Waals surface area contributed by atoms with E-state index in [1.807, 2.05) is 22.7 Å². The molecule has 0 radical (unpaired) electrons. The van der Waals surface area contributed by atoms with Crippen LogP contribution in [0.5, 0.6) is 0 Å². The zero-order valence-corrected chi connectivity index (χ0v) is 75.7. The number of hydrogen-bond donors (Lipinski definition) is 0. The van der Waals surface area contributed by atoms with Crippen LogP contribution in [0.15, 0.2) is 152 Å². The van der Waals surface area contributed by atoms with Crippen molar-refractivity contribution in [2.75, 3.05) is 19.6 Å². The van der Waals surface area contributed by atoms with Crippen LogP contribution in [0.3, 0.4) is 0 Å². The van der Waals surface area contributed by atoms with Crippen molar-refractivity contribution in [1.29, 1.82) is 0 Å². The topological polar surface area (TPSA) is 13.0 Å². The van der Waals surface area contributed by atoms with E-state index < -0.39 is 0 Å². The van der Waals surface area contributed by atoms with E-state index >= 15 is 0 Å². The molecule has 4 aliphatic heterocycles. The van der Waals surface area contributed by atoms with Gasteiger partial charge in [-0.2, -0.15) is 0 Å². The molecule has 2 saturated carbocycles. The third-order valence-electron chi connectivity index (χ3n) is 28.4. The summed E-state index contributed by atoms with van der Waals surface area (Å²) in [6.07, 6.45) is 9.70. The summed E-state index contributed by atoms with van der Waals surface area (Å²) in [5.74, 6) is 0. The van der Waals surface area contributed by atoms with Crippen molar-refractivity contribution in [3.8, 4) is 0 Å². The van der Waals surface area contributed by atoms with Gasteiger partial charge in [-0.25, -0.2) is 0 Å². The predicted octanol–water partition coefficient (Wildman–Crippen LogP) is 30.0. The van der Waals surface area contributed by atoms with Crippen molar-refractivity contribution < 1.29 is 0 Å². The summed E-state index contributed by atoms with van der Waals surface area (Å²) in [7, 11) is 0. The van der Waals surface area contributed by atoms with Crippen LogP contribution < -0.4 is 36.0 Å². The zero-order valence-electron chi connectivity index (χ0n) is 72.5. The molecule has 10 aromatic carbocycles. The van der Waals surface area contributed by atoms with E-state index in [2.05, 4.69) is 351 Å². The summed E-state index contributed by atoms with van der Waals surface area (Å²) in [5, 5.41) is 6.92. The lowest BCUT2D eigenvalue weighted by Crippen LogP contribution is -2.64. The van der Waals surface area contributed by atoms with Crippen LogP contribution in [-0.2, 0) is 43.3 Å². The number of halogens is 2. The minimum Gasteiger partial charge on any atom is -0.335 e. The molecule has 6 aliphatic rings. The molecule has 4 nitrogen and oxygen atoms in total. The van der Waals surface area contributed by atoms with E-state index in [0.29, 0.717) is 0 Å². The number of anilines is 10. The molecule has 0 amide bonds. The minimum absolute atomic E-state index is 0.00825. The molecule has 0 bridgehead atoms. The van der Waals surface area contributed by atoms with Gasteiger partial charge in [0.15, 0.2) is 0 Å². The lowest BCUT2D eigenvalue weighted by atomic mass is 9.33. The summed E-state index contributed by atoms with van der Waals surface area (Å²) in [6, 6.07) is 60.0. The van der Waals surface area contributed by atoms with Gasteiger partial charge in [-0.1, -0.05) is 272 Å². The Hall–Kier alpha value is -7.52. The van der Waals surface area contributed by atoms with Crippen molar-refractivity contribution in [1.82, 2.24) is 0 Å². The van der Waals surface area contributed by atoms with E-state index in [4.69, 9.17) is 23.2 Å². The third kappa shape index (κ3) is 12.2. The summed E-state index contributed by atoms with van der Waals surface area (Å²) < 4.78 is 5.34. The molecule has 584 valence electrons. The normalized spacial score (nSPS) is 20.7. The molecule has 18 rings (SSSR count). The maximum Gasteiger partial charge on any atom is 0.252 e. The first-order chi connectivity index (χ1) is 52.7. The van der Waals surface area contributed by atoms with Crippen molar-refractivity contribution in [3.05, 3.63) is 228 Å². The Kier molecular flexibility index (Phi) is 17.9. The number of benzene rings is 10. The average Bonchev–Trinajstić information content (AvgIpc) is 1.55. The average molecular weight is 1570 g/mol. The van der Waals surface area contributed by atoms with Gasteiger partial charge in [-0.3, -0.25) is 0 Å². The van der Waals surface area contributed by atoms with E-state index in [-0.39, 0.29) is 61.1 Å². The molecule has 2 aromatic heterocycles. The smallest absolute Gasteiger partial charge is 0.252 e. The Bertz CT molecular complexity index is 5940. The third-order valence-corrected chi connectivity index (χ3v) is 31.1. The van der Waals surface area contributed by atoms with Crippen LogP contribution in [0.4, 0.5) is 56.9 Å². The van der Waals surface area contributed by atoms with E-state index in [0.717, 1.165) is 33.5 Å². The summed E-state index contributed by atoms with van der Waals surface area (Å²) in [5.41, 5.74) is 33.5. The van der Waals surface area contributed by atoms with Crippen molar-refractivity contribution in [2.45, 2.75) is 286 Å². The molecule has 6 heterocycles. The number of nitrogens with zero attached hydrogens (tertiary/aromatic N) is 4. The first-order valence-electron chi connectivity index (χ1n) is 42.1. The Balaban J connectivity index is 0.000000164. The highest BCUT2D eigenvalue weighted by Crippen LogP contribution is 2.65. The number of thiophene rings is 2. The lowest BCUT2D eigenvalue weighted by molar-refractivity contribution is 0.195. The van der Waals surface area contributed by atoms with E-state index in [1.165, 1.54) is 203 Å². The van der Waals surface area contributed by atoms with Crippen molar-refractivity contribution in [3.63, 3.8) is 0 Å². The van der Waals surface area contributed by atoms with Gasteiger partial charge in [-0.05, 0) is 255 Å².